The van der Waals surface area contributed by atoms with Crippen LogP contribution in [0.15, 0.2) is 91.5 Å². The quantitative estimate of drug-likeness (QED) is 0.409. The molecule has 0 unspecified atom stereocenters. The van der Waals surface area contributed by atoms with E-state index in [1.54, 1.807) is 19.2 Å². The molecular weight excluding hydrogens is 437 g/mol. The van der Waals surface area contributed by atoms with E-state index in [9.17, 15) is 9.18 Å². The highest BCUT2D eigenvalue weighted by Gasteiger charge is 2.34. The van der Waals surface area contributed by atoms with Crippen molar-refractivity contribution >= 4 is 11.6 Å². The van der Waals surface area contributed by atoms with E-state index in [0.717, 1.165) is 25.2 Å². The number of amides is 1. The van der Waals surface area contributed by atoms with Gasteiger partial charge in [0.2, 0.25) is 0 Å². The standard InChI is InChI=1S/C30H34FN3O/c1-5-17-33-20-23(3)34(21-22(33)2)29(24-11-7-6-8-12-24)25-13-9-14-26(18-25)30(35)32(4)28-16-10-15-27(31)19-28/h5-16,18-19,22-23,29H,1,17,20-21H2,2-4H3/t22-,23+,29-/m0/s1. The molecule has 1 saturated heterocycles. The van der Waals surface area contributed by atoms with E-state index in [-0.39, 0.29) is 17.8 Å². The molecule has 0 radical (unpaired) electrons. The molecule has 1 aliphatic heterocycles. The minimum absolute atomic E-state index is 0.0201. The highest BCUT2D eigenvalue weighted by Crippen LogP contribution is 2.34. The molecule has 3 aromatic rings. The monoisotopic (exact) mass is 471 g/mol. The van der Waals surface area contributed by atoms with Crippen LogP contribution < -0.4 is 4.90 Å². The van der Waals surface area contributed by atoms with Crippen molar-refractivity contribution in [3.8, 4) is 0 Å². The van der Waals surface area contributed by atoms with Gasteiger partial charge in [-0.05, 0) is 55.3 Å². The maximum atomic E-state index is 13.7. The molecule has 1 heterocycles. The molecule has 1 fully saturated rings. The second kappa shape index (κ2) is 11.0. The van der Waals surface area contributed by atoms with Crippen molar-refractivity contribution in [2.45, 2.75) is 32.0 Å². The fourth-order valence-corrected chi connectivity index (χ4v) is 5.05. The zero-order valence-electron chi connectivity index (χ0n) is 20.8. The van der Waals surface area contributed by atoms with Gasteiger partial charge in [0.15, 0.2) is 0 Å². The Morgan fingerprint density at radius 1 is 1.00 bits per heavy atom. The summed E-state index contributed by atoms with van der Waals surface area (Å²) < 4.78 is 13.7. The summed E-state index contributed by atoms with van der Waals surface area (Å²) in [6.45, 7) is 11.2. The normalized spacial score (nSPS) is 19.8. The van der Waals surface area contributed by atoms with Crippen molar-refractivity contribution in [3.05, 3.63) is 114 Å². The van der Waals surface area contributed by atoms with Crippen molar-refractivity contribution in [1.82, 2.24) is 9.80 Å². The summed E-state index contributed by atoms with van der Waals surface area (Å²) in [5.41, 5.74) is 3.39. The molecule has 0 aromatic heterocycles. The van der Waals surface area contributed by atoms with Crippen molar-refractivity contribution in [3.63, 3.8) is 0 Å². The van der Waals surface area contributed by atoms with Gasteiger partial charge in [0.1, 0.15) is 5.82 Å². The van der Waals surface area contributed by atoms with Crippen LogP contribution in [0.1, 0.15) is 41.4 Å². The third kappa shape index (κ3) is 5.53. The topological polar surface area (TPSA) is 26.8 Å². The lowest BCUT2D eigenvalue weighted by atomic mass is 9.92. The maximum Gasteiger partial charge on any atom is 0.258 e. The molecular formula is C30H34FN3O. The highest BCUT2D eigenvalue weighted by atomic mass is 19.1. The number of anilines is 1. The first-order valence-corrected chi connectivity index (χ1v) is 12.2. The lowest BCUT2D eigenvalue weighted by Gasteiger charge is -2.47. The molecule has 5 heteroatoms. The number of carbonyl (C=O) groups excluding carboxylic acids is 1. The van der Waals surface area contributed by atoms with Gasteiger partial charge in [-0.3, -0.25) is 14.6 Å². The molecule has 0 bridgehead atoms. The van der Waals surface area contributed by atoms with Crippen molar-refractivity contribution < 1.29 is 9.18 Å². The molecule has 0 spiro atoms. The Labute approximate surface area is 208 Å². The van der Waals surface area contributed by atoms with Crippen LogP contribution in [0.25, 0.3) is 0 Å². The Morgan fingerprint density at radius 2 is 1.71 bits per heavy atom. The molecule has 1 aliphatic rings. The van der Waals surface area contributed by atoms with E-state index < -0.39 is 0 Å². The minimum atomic E-state index is -0.362. The molecule has 0 aliphatic carbocycles. The predicted octanol–water partition coefficient (Wildman–Crippen LogP) is 5.77. The summed E-state index contributed by atoms with van der Waals surface area (Å²) in [6.07, 6.45) is 1.97. The molecule has 3 aromatic carbocycles. The molecule has 4 nitrogen and oxygen atoms in total. The van der Waals surface area contributed by atoms with E-state index in [2.05, 4.69) is 60.6 Å². The fraction of sp³-hybridized carbons (Fsp3) is 0.300. The van der Waals surface area contributed by atoms with Crippen LogP contribution in [0.2, 0.25) is 0 Å². The Hall–Kier alpha value is -3.28. The number of nitrogens with zero attached hydrogens (tertiary/aromatic N) is 3. The summed E-state index contributed by atoms with van der Waals surface area (Å²) in [5, 5.41) is 0. The zero-order valence-corrected chi connectivity index (χ0v) is 20.8. The second-order valence-corrected chi connectivity index (χ2v) is 9.42. The van der Waals surface area contributed by atoms with Gasteiger partial charge in [0.05, 0.1) is 6.04 Å². The van der Waals surface area contributed by atoms with Crippen LogP contribution >= 0.6 is 0 Å². The summed E-state index contributed by atoms with van der Waals surface area (Å²) in [4.78, 5) is 19.9. The molecule has 0 N–H and O–H groups in total. The lowest BCUT2D eigenvalue weighted by molar-refractivity contribution is 0.0306. The molecule has 3 atom stereocenters. The molecule has 1 amide bonds. The van der Waals surface area contributed by atoms with Gasteiger partial charge in [-0.1, -0.05) is 54.6 Å². The van der Waals surface area contributed by atoms with Gasteiger partial charge >= 0.3 is 0 Å². The van der Waals surface area contributed by atoms with Gasteiger partial charge in [-0.25, -0.2) is 4.39 Å². The van der Waals surface area contributed by atoms with Crippen molar-refractivity contribution in [2.24, 2.45) is 0 Å². The minimum Gasteiger partial charge on any atom is -0.311 e. The Kier molecular flexibility index (Phi) is 7.79. The van der Waals surface area contributed by atoms with E-state index in [4.69, 9.17) is 0 Å². The Balaban J connectivity index is 1.68. The molecule has 4 rings (SSSR count). The number of piperazine rings is 1. The van der Waals surface area contributed by atoms with Crippen molar-refractivity contribution in [1.29, 1.82) is 0 Å². The van der Waals surface area contributed by atoms with Crippen LogP contribution in [0.5, 0.6) is 0 Å². The van der Waals surface area contributed by atoms with Gasteiger partial charge in [0, 0.05) is 50.0 Å². The number of carbonyl (C=O) groups is 1. The Morgan fingerprint density at radius 3 is 2.43 bits per heavy atom. The lowest BCUT2D eigenvalue weighted by Crippen LogP contribution is -2.57. The average molecular weight is 472 g/mol. The highest BCUT2D eigenvalue weighted by molar-refractivity contribution is 6.05. The van der Waals surface area contributed by atoms with Crippen LogP contribution in [-0.4, -0.2) is 54.5 Å². The van der Waals surface area contributed by atoms with Crippen molar-refractivity contribution in [2.75, 3.05) is 31.6 Å². The molecule has 35 heavy (non-hydrogen) atoms. The second-order valence-electron chi connectivity index (χ2n) is 9.42. The molecule has 182 valence electrons. The number of halogens is 1. The number of rotatable bonds is 7. The first-order valence-electron chi connectivity index (χ1n) is 12.2. The SMILES string of the molecule is C=CCN1C[C@@H](C)N([C@@H](c2ccccc2)c2cccc(C(=O)N(C)c3cccc(F)c3)c2)C[C@@H]1C. The van der Waals surface area contributed by atoms with Gasteiger partial charge in [-0.15, -0.1) is 6.58 Å². The smallest absolute Gasteiger partial charge is 0.258 e. The van der Waals surface area contributed by atoms with E-state index in [1.807, 2.05) is 30.3 Å². The van der Waals surface area contributed by atoms with Crippen LogP contribution in [-0.2, 0) is 0 Å². The van der Waals surface area contributed by atoms with Gasteiger partial charge in [0.25, 0.3) is 5.91 Å². The summed E-state index contributed by atoms with van der Waals surface area (Å²) in [6, 6.07) is 25.2. The number of hydrogen-bond donors (Lipinski definition) is 0. The average Bonchev–Trinajstić information content (AvgIpc) is 2.87. The predicted molar refractivity (Wildman–Crippen MR) is 141 cm³/mol. The zero-order chi connectivity index (χ0) is 24.9. The first kappa shape index (κ1) is 24.8. The summed E-state index contributed by atoms with van der Waals surface area (Å²) >= 11 is 0. The Bertz CT molecular complexity index is 1170. The van der Waals surface area contributed by atoms with E-state index >= 15 is 0 Å². The summed E-state index contributed by atoms with van der Waals surface area (Å²) in [5.74, 6) is -0.528. The van der Waals surface area contributed by atoms with Crippen LogP contribution in [0.4, 0.5) is 10.1 Å². The first-order chi connectivity index (χ1) is 16.9. The van der Waals surface area contributed by atoms with E-state index in [0.29, 0.717) is 23.3 Å². The number of benzene rings is 3. The van der Waals surface area contributed by atoms with E-state index in [1.165, 1.54) is 22.6 Å². The largest absolute Gasteiger partial charge is 0.311 e. The third-order valence-electron chi connectivity index (χ3n) is 6.92. The van der Waals surface area contributed by atoms with Gasteiger partial charge < -0.3 is 4.90 Å². The van der Waals surface area contributed by atoms with Crippen LogP contribution in [0.3, 0.4) is 0 Å². The van der Waals surface area contributed by atoms with Crippen LogP contribution in [0, 0.1) is 5.82 Å². The van der Waals surface area contributed by atoms with Gasteiger partial charge in [-0.2, -0.15) is 0 Å². The molecule has 0 saturated carbocycles. The maximum absolute atomic E-state index is 13.7. The fourth-order valence-electron chi connectivity index (χ4n) is 5.05. The number of hydrogen-bond acceptors (Lipinski definition) is 3. The summed E-state index contributed by atoms with van der Waals surface area (Å²) in [7, 11) is 1.68. The third-order valence-corrected chi connectivity index (χ3v) is 6.92.